The van der Waals surface area contributed by atoms with E-state index in [-0.39, 0.29) is 5.97 Å². The number of rotatable bonds is 1. The number of ether oxygens (including phenoxy) is 1. The molecule has 0 aliphatic carbocycles. The Bertz CT molecular complexity index is 432. The zero-order chi connectivity index (χ0) is 12.5. The van der Waals surface area contributed by atoms with Crippen molar-refractivity contribution in [2.24, 2.45) is 0 Å². The van der Waals surface area contributed by atoms with Gasteiger partial charge in [-0.3, -0.25) is 0 Å². The molecule has 0 saturated heterocycles. The Morgan fingerprint density at radius 2 is 2.06 bits per heavy atom. The standard InChI is InChI=1S/C14H19NO2/c1-14(2,3)17-13(16)11-5-4-10-6-7-15-9-12(10)8-11/h4-5,8,15H,6-7,9H2,1-3H3. The normalized spacial score (nSPS) is 15.2. The molecule has 0 amide bonds. The van der Waals surface area contributed by atoms with Gasteiger partial charge in [-0.2, -0.15) is 0 Å². The van der Waals surface area contributed by atoms with Crippen molar-refractivity contribution in [3.8, 4) is 0 Å². The Morgan fingerprint density at radius 3 is 2.76 bits per heavy atom. The molecule has 1 aliphatic heterocycles. The molecule has 0 unspecified atom stereocenters. The van der Waals surface area contributed by atoms with E-state index in [1.165, 1.54) is 11.1 Å². The number of hydrogen-bond donors (Lipinski definition) is 1. The zero-order valence-electron chi connectivity index (χ0n) is 10.7. The molecule has 2 rings (SSSR count). The van der Waals surface area contributed by atoms with Gasteiger partial charge in [-0.05, 0) is 57.0 Å². The number of fused-ring (bicyclic) bond motifs is 1. The van der Waals surface area contributed by atoms with Crippen LogP contribution >= 0.6 is 0 Å². The third-order valence-electron chi connectivity index (χ3n) is 2.73. The minimum absolute atomic E-state index is 0.245. The van der Waals surface area contributed by atoms with Gasteiger partial charge in [0, 0.05) is 6.54 Å². The van der Waals surface area contributed by atoms with Crippen LogP contribution in [0.4, 0.5) is 0 Å². The largest absolute Gasteiger partial charge is 0.456 e. The predicted molar refractivity (Wildman–Crippen MR) is 67.0 cm³/mol. The number of carbonyl (C=O) groups excluding carboxylic acids is 1. The average molecular weight is 233 g/mol. The minimum atomic E-state index is -0.439. The second-order valence-electron chi connectivity index (χ2n) is 5.41. The van der Waals surface area contributed by atoms with E-state index in [1.807, 2.05) is 39.0 Å². The molecule has 1 N–H and O–H groups in total. The van der Waals surface area contributed by atoms with Crippen LogP contribution in [-0.2, 0) is 17.7 Å². The van der Waals surface area contributed by atoms with Gasteiger partial charge in [-0.1, -0.05) is 6.07 Å². The van der Waals surface area contributed by atoms with Crippen molar-refractivity contribution in [2.45, 2.75) is 39.3 Å². The van der Waals surface area contributed by atoms with Crippen LogP contribution in [0.1, 0.15) is 42.3 Å². The average Bonchev–Trinajstić information content (AvgIpc) is 2.26. The summed E-state index contributed by atoms with van der Waals surface area (Å²) in [5.41, 5.74) is 2.74. The molecule has 0 saturated carbocycles. The fourth-order valence-corrected chi connectivity index (χ4v) is 1.94. The number of esters is 1. The molecule has 1 aliphatic rings. The van der Waals surface area contributed by atoms with E-state index in [0.29, 0.717) is 5.56 Å². The maximum absolute atomic E-state index is 11.9. The number of carbonyl (C=O) groups is 1. The van der Waals surface area contributed by atoms with Crippen molar-refractivity contribution in [2.75, 3.05) is 6.54 Å². The topological polar surface area (TPSA) is 38.3 Å². The Balaban J connectivity index is 2.19. The smallest absolute Gasteiger partial charge is 0.338 e. The van der Waals surface area contributed by atoms with Crippen molar-refractivity contribution < 1.29 is 9.53 Å². The van der Waals surface area contributed by atoms with Gasteiger partial charge >= 0.3 is 5.97 Å². The molecular weight excluding hydrogens is 214 g/mol. The van der Waals surface area contributed by atoms with Gasteiger partial charge in [-0.25, -0.2) is 4.79 Å². The van der Waals surface area contributed by atoms with Gasteiger partial charge in [0.15, 0.2) is 0 Å². The Labute approximate surface area is 102 Å². The summed E-state index contributed by atoms with van der Waals surface area (Å²) in [6.07, 6.45) is 1.03. The van der Waals surface area contributed by atoms with Gasteiger partial charge in [0.2, 0.25) is 0 Å². The lowest BCUT2D eigenvalue weighted by Crippen LogP contribution is -2.26. The molecule has 0 radical (unpaired) electrons. The summed E-state index contributed by atoms with van der Waals surface area (Å²) in [7, 11) is 0. The van der Waals surface area contributed by atoms with Gasteiger partial charge in [0.05, 0.1) is 5.56 Å². The molecule has 1 heterocycles. The quantitative estimate of drug-likeness (QED) is 0.756. The number of nitrogens with one attached hydrogen (secondary N) is 1. The summed E-state index contributed by atoms with van der Waals surface area (Å²) in [4.78, 5) is 11.9. The second kappa shape index (κ2) is 4.49. The van der Waals surface area contributed by atoms with Crippen molar-refractivity contribution in [1.82, 2.24) is 5.32 Å². The molecule has 1 aromatic rings. The highest BCUT2D eigenvalue weighted by Gasteiger charge is 2.19. The number of hydrogen-bond acceptors (Lipinski definition) is 3. The highest BCUT2D eigenvalue weighted by atomic mass is 16.6. The van der Waals surface area contributed by atoms with Gasteiger partial charge < -0.3 is 10.1 Å². The van der Waals surface area contributed by atoms with Crippen LogP contribution in [0.2, 0.25) is 0 Å². The van der Waals surface area contributed by atoms with Gasteiger partial charge in [0.1, 0.15) is 5.60 Å². The maximum Gasteiger partial charge on any atom is 0.338 e. The van der Waals surface area contributed by atoms with E-state index >= 15 is 0 Å². The summed E-state index contributed by atoms with van der Waals surface area (Å²) in [6, 6.07) is 5.84. The molecule has 0 atom stereocenters. The van der Waals surface area contributed by atoms with Crippen LogP contribution in [0, 0.1) is 0 Å². The maximum atomic E-state index is 11.9. The van der Waals surface area contributed by atoms with Crippen molar-refractivity contribution in [1.29, 1.82) is 0 Å². The highest BCUT2D eigenvalue weighted by molar-refractivity contribution is 5.90. The molecule has 0 spiro atoms. The monoisotopic (exact) mass is 233 g/mol. The van der Waals surface area contributed by atoms with E-state index < -0.39 is 5.60 Å². The summed E-state index contributed by atoms with van der Waals surface area (Å²) < 4.78 is 5.36. The Hall–Kier alpha value is -1.35. The van der Waals surface area contributed by atoms with Crippen LogP contribution in [0.25, 0.3) is 0 Å². The zero-order valence-corrected chi connectivity index (χ0v) is 10.7. The van der Waals surface area contributed by atoms with Gasteiger partial charge in [-0.15, -0.1) is 0 Å². The molecule has 0 fully saturated rings. The number of benzene rings is 1. The molecule has 3 nitrogen and oxygen atoms in total. The van der Waals surface area contributed by atoms with Crippen LogP contribution in [-0.4, -0.2) is 18.1 Å². The molecule has 0 bridgehead atoms. The Kier molecular flexibility index (Phi) is 3.20. The lowest BCUT2D eigenvalue weighted by molar-refractivity contribution is 0.00694. The first-order chi connectivity index (χ1) is 7.96. The van der Waals surface area contributed by atoms with Crippen LogP contribution in [0.15, 0.2) is 18.2 Å². The molecule has 0 aromatic heterocycles. The van der Waals surface area contributed by atoms with E-state index in [1.54, 1.807) is 0 Å². The first-order valence-corrected chi connectivity index (χ1v) is 6.01. The fraction of sp³-hybridized carbons (Fsp3) is 0.500. The van der Waals surface area contributed by atoms with Crippen LogP contribution in [0.5, 0.6) is 0 Å². The molecule has 1 aromatic carbocycles. The van der Waals surface area contributed by atoms with Crippen molar-refractivity contribution >= 4 is 5.97 Å². The van der Waals surface area contributed by atoms with E-state index in [0.717, 1.165) is 19.5 Å². The summed E-state index contributed by atoms with van der Waals surface area (Å²) in [5.74, 6) is -0.245. The molecule has 92 valence electrons. The van der Waals surface area contributed by atoms with E-state index in [9.17, 15) is 4.79 Å². The third kappa shape index (κ3) is 3.07. The first-order valence-electron chi connectivity index (χ1n) is 6.01. The second-order valence-corrected chi connectivity index (χ2v) is 5.41. The Morgan fingerprint density at radius 1 is 1.29 bits per heavy atom. The fourth-order valence-electron chi connectivity index (χ4n) is 1.94. The van der Waals surface area contributed by atoms with Crippen molar-refractivity contribution in [3.05, 3.63) is 34.9 Å². The highest BCUT2D eigenvalue weighted by Crippen LogP contribution is 2.18. The van der Waals surface area contributed by atoms with Crippen LogP contribution in [0.3, 0.4) is 0 Å². The predicted octanol–water partition coefficient (Wildman–Crippen LogP) is 2.29. The SMILES string of the molecule is CC(C)(C)OC(=O)c1ccc2c(c1)CNCC2. The summed E-state index contributed by atoms with van der Waals surface area (Å²) >= 11 is 0. The lowest BCUT2D eigenvalue weighted by Gasteiger charge is -2.21. The van der Waals surface area contributed by atoms with Crippen LogP contribution < -0.4 is 5.32 Å². The van der Waals surface area contributed by atoms with Crippen molar-refractivity contribution in [3.63, 3.8) is 0 Å². The van der Waals surface area contributed by atoms with E-state index in [4.69, 9.17) is 4.74 Å². The minimum Gasteiger partial charge on any atom is -0.456 e. The lowest BCUT2D eigenvalue weighted by atomic mass is 9.98. The molecule has 3 heteroatoms. The third-order valence-corrected chi connectivity index (χ3v) is 2.73. The summed E-state index contributed by atoms with van der Waals surface area (Å²) in [5, 5.41) is 3.30. The molecule has 17 heavy (non-hydrogen) atoms. The summed E-state index contributed by atoms with van der Waals surface area (Å²) in [6.45, 7) is 7.49. The first kappa shape index (κ1) is 12.1. The van der Waals surface area contributed by atoms with Gasteiger partial charge in [0.25, 0.3) is 0 Å². The molecular formula is C14H19NO2. The van der Waals surface area contributed by atoms with E-state index in [2.05, 4.69) is 5.32 Å².